The quantitative estimate of drug-likeness (QED) is 0.576. The normalized spacial score (nSPS) is 15.8. The molecular formula is C10H14O3. The summed E-state index contributed by atoms with van der Waals surface area (Å²) < 4.78 is 0. The molecular weight excluding hydrogens is 168 g/mol. The zero-order valence-corrected chi connectivity index (χ0v) is 7.73. The van der Waals surface area contributed by atoms with Crippen molar-refractivity contribution in [1.82, 2.24) is 0 Å². The van der Waals surface area contributed by atoms with Crippen LogP contribution in [0.25, 0.3) is 0 Å². The highest BCUT2D eigenvalue weighted by Crippen LogP contribution is 1.93. The van der Waals surface area contributed by atoms with Crippen LogP contribution in [0.15, 0.2) is 30.3 Å². The Morgan fingerprint density at radius 1 is 1.00 bits per heavy atom. The second-order valence-corrected chi connectivity index (χ2v) is 2.72. The van der Waals surface area contributed by atoms with Crippen molar-refractivity contribution in [3.8, 4) is 0 Å². The molecule has 0 amide bonds. The molecule has 1 aliphatic rings. The van der Waals surface area contributed by atoms with Crippen molar-refractivity contribution < 1.29 is 14.8 Å². The van der Waals surface area contributed by atoms with Crippen LogP contribution >= 0.6 is 0 Å². The predicted octanol–water partition coefficient (Wildman–Crippen LogP) is 2.26. The van der Waals surface area contributed by atoms with Gasteiger partial charge in [0.1, 0.15) is 0 Å². The Hall–Kier alpha value is -0.900. The summed E-state index contributed by atoms with van der Waals surface area (Å²) >= 11 is 0. The van der Waals surface area contributed by atoms with E-state index in [0.717, 1.165) is 6.42 Å². The van der Waals surface area contributed by atoms with Gasteiger partial charge in [-0.1, -0.05) is 40.9 Å². The number of benzene rings is 1. The molecule has 2 rings (SSSR count). The van der Waals surface area contributed by atoms with Gasteiger partial charge in [0.05, 0.1) is 13.2 Å². The Bertz CT molecular complexity index is 195. The van der Waals surface area contributed by atoms with Crippen LogP contribution in [-0.2, 0) is 14.8 Å². The summed E-state index contributed by atoms with van der Waals surface area (Å²) in [5, 5.41) is 4.07. The molecule has 0 N–H and O–H groups in total. The molecule has 0 bridgehead atoms. The molecule has 0 saturated carbocycles. The topological polar surface area (TPSA) is 27.7 Å². The lowest BCUT2D eigenvalue weighted by Gasteiger charge is -2.06. The van der Waals surface area contributed by atoms with Gasteiger partial charge in [0, 0.05) is 6.42 Å². The third-order valence-corrected chi connectivity index (χ3v) is 1.49. The van der Waals surface area contributed by atoms with Gasteiger partial charge < -0.3 is 0 Å². The van der Waals surface area contributed by atoms with Crippen LogP contribution in [0.2, 0.25) is 0 Å². The molecule has 0 radical (unpaired) electrons. The summed E-state index contributed by atoms with van der Waals surface area (Å²) in [7, 11) is 0. The molecule has 3 heteroatoms. The second-order valence-electron chi connectivity index (χ2n) is 2.72. The van der Waals surface area contributed by atoms with Crippen LogP contribution < -0.4 is 0 Å². The van der Waals surface area contributed by atoms with Crippen LogP contribution in [0.5, 0.6) is 0 Å². The van der Waals surface area contributed by atoms with E-state index in [1.807, 2.05) is 18.2 Å². The van der Waals surface area contributed by atoms with Gasteiger partial charge in [0.2, 0.25) is 0 Å². The summed E-state index contributed by atoms with van der Waals surface area (Å²) in [6, 6.07) is 10.3. The average molecular weight is 182 g/mol. The van der Waals surface area contributed by atoms with E-state index >= 15 is 0 Å². The van der Waals surface area contributed by atoms with E-state index in [1.54, 1.807) is 0 Å². The molecule has 0 spiro atoms. The lowest BCUT2D eigenvalue weighted by atomic mass is 10.2. The molecule has 72 valence electrons. The summed E-state index contributed by atoms with van der Waals surface area (Å²) in [6.07, 6.45) is 0.931. The van der Waals surface area contributed by atoms with Crippen molar-refractivity contribution in [3.63, 3.8) is 0 Å². The Morgan fingerprint density at radius 3 is 1.85 bits per heavy atom. The van der Waals surface area contributed by atoms with E-state index in [-0.39, 0.29) is 0 Å². The van der Waals surface area contributed by atoms with Gasteiger partial charge in [-0.25, -0.2) is 9.78 Å². The number of rotatable bonds is 0. The van der Waals surface area contributed by atoms with Gasteiger partial charge in [-0.05, 0) is 6.92 Å². The Morgan fingerprint density at radius 2 is 1.62 bits per heavy atom. The molecule has 0 aliphatic carbocycles. The summed E-state index contributed by atoms with van der Waals surface area (Å²) in [4.78, 5) is 8.69. The molecule has 1 fully saturated rings. The molecule has 1 heterocycles. The maximum absolute atomic E-state index is 4.35. The molecule has 1 saturated heterocycles. The second kappa shape index (κ2) is 6.60. The van der Waals surface area contributed by atoms with Crippen LogP contribution in [0, 0.1) is 6.92 Å². The fraction of sp³-hybridized carbons (Fsp3) is 0.400. The Kier molecular flexibility index (Phi) is 5.17. The lowest BCUT2D eigenvalue weighted by molar-refractivity contribution is -0.532. The fourth-order valence-electron chi connectivity index (χ4n) is 0.813. The zero-order chi connectivity index (χ0) is 9.36. The van der Waals surface area contributed by atoms with Crippen molar-refractivity contribution in [2.24, 2.45) is 0 Å². The van der Waals surface area contributed by atoms with Crippen molar-refractivity contribution >= 4 is 0 Å². The highest BCUT2D eigenvalue weighted by molar-refractivity contribution is 5.11. The summed E-state index contributed by atoms with van der Waals surface area (Å²) in [6.45, 7) is 3.39. The monoisotopic (exact) mass is 182 g/mol. The Labute approximate surface area is 78.1 Å². The van der Waals surface area contributed by atoms with Crippen molar-refractivity contribution in [2.45, 2.75) is 13.3 Å². The van der Waals surface area contributed by atoms with Crippen molar-refractivity contribution in [1.29, 1.82) is 0 Å². The highest BCUT2D eigenvalue weighted by Gasteiger charge is 1.96. The van der Waals surface area contributed by atoms with E-state index in [9.17, 15) is 0 Å². The van der Waals surface area contributed by atoms with E-state index in [4.69, 9.17) is 0 Å². The lowest BCUT2D eigenvalue weighted by Crippen LogP contribution is -2.08. The summed E-state index contributed by atoms with van der Waals surface area (Å²) in [5.74, 6) is 0. The van der Waals surface area contributed by atoms with E-state index in [2.05, 4.69) is 33.9 Å². The molecule has 0 unspecified atom stereocenters. The number of hydrogen-bond acceptors (Lipinski definition) is 3. The average Bonchev–Trinajstić information content (AvgIpc) is 2.22. The molecule has 3 nitrogen and oxygen atoms in total. The maximum atomic E-state index is 4.35. The molecule has 1 aliphatic heterocycles. The first-order chi connectivity index (χ1) is 6.39. The van der Waals surface area contributed by atoms with Gasteiger partial charge in [0.15, 0.2) is 0 Å². The minimum absolute atomic E-state index is 0.653. The minimum atomic E-state index is 0.653. The standard InChI is InChI=1S/C7H8.C3H6O3/c1-7-5-3-2-4-6-7;1-2-4-6-5-3-1/h2-6H,1H3;1-3H2. The largest absolute Gasteiger partial charge is 0.206 e. The van der Waals surface area contributed by atoms with Gasteiger partial charge in [0.25, 0.3) is 0 Å². The van der Waals surface area contributed by atoms with E-state index in [1.165, 1.54) is 5.56 Å². The molecule has 0 atom stereocenters. The van der Waals surface area contributed by atoms with Crippen LogP contribution in [0.4, 0.5) is 0 Å². The SMILES string of the molecule is C1COOOC1.Cc1ccccc1. The Balaban J connectivity index is 0.000000132. The van der Waals surface area contributed by atoms with Crippen LogP contribution in [0.3, 0.4) is 0 Å². The number of hydrogen-bond donors (Lipinski definition) is 0. The predicted molar refractivity (Wildman–Crippen MR) is 48.8 cm³/mol. The van der Waals surface area contributed by atoms with Crippen molar-refractivity contribution in [2.75, 3.05) is 13.2 Å². The van der Waals surface area contributed by atoms with Gasteiger partial charge >= 0.3 is 0 Å². The first-order valence-electron chi connectivity index (χ1n) is 4.32. The first kappa shape index (κ1) is 10.2. The van der Waals surface area contributed by atoms with E-state index in [0.29, 0.717) is 13.2 Å². The van der Waals surface area contributed by atoms with Gasteiger partial charge in [-0.2, -0.15) is 0 Å². The zero-order valence-electron chi connectivity index (χ0n) is 7.73. The molecule has 1 aromatic rings. The maximum Gasteiger partial charge on any atom is 0.0877 e. The van der Waals surface area contributed by atoms with Crippen LogP contribution in [0.1, 0.15) is 12.0 Å². The van der Waals surface area contributed by atoms with Crippen LogP contribution in [-0.4, -0.2) is 13.2 Å². The molecule has 13 heavy (non-hydrogen) atoms. The van der Waals surface area contributed by atoms with Crippen molar-refractivity contribution in [3.05, 3.63) is 35.9 Å². The molecule has 1 aromatic carbocycles. The fourth-order valence-corrected chi connectivity index (χ4v) is 0.813. The third-order valence-electron chi connectivity index (χ3n) is 1.49. The highest BCUT2D eigenvalue weighted by atomic mass is 17.5. The molecule has 0 aromatic heterocycles. The van der Waals surface area contributed by atoms with Gasteiger partial charge in [-0.3, -0.25) is 0 Å². The first-order valence-corrected chi connectivity index (χ1v) is 4.32. The van der Waals surface area contributed by atoms with E-state index < -0.39 is 0 Å². The number of aryl methyl sites for hydroxylation is 1. The van der Waals surface area contributed by atoms with Gasteiger partial charge in [-0.15, -0.1) is 0 Å². The third kappa shape index (κ3) is 5.36. The minimum Gasteiger partial charge on any atom is -0.206 e. The smallest absolute Gasteiger partial charge is 0.0877 e. The summed E-state index contributed by atoms with van der Waals surface area (Å²) in [5.41, 5.74) is 1.32.